The predicted octanol–water partition coefficient (Wildman–Crippen LogP) is 2.58. The van der Waals surface area contributed by atoms with Crippen LogP contribution < -0.4 is 5.32 Å². The zero-order valence-corrected chi connectivity index (χ0v) is 8.68. The highest BCUT2D eigenvalue weighted by Gasteiger charge is 2.13. The van der Waals surface area contributed by atoms with Crippen molar-refractivity contribution in [1.29, 1.82) is 5.26 Å². The summed E-state index contributed by atoms with van der Waals surface area (Å²) < 4.78 is 13.2. The fourth-order valence-corrected chi connectivity index (χ4v) is 1.05. The van der Waals surface area contributed by atoms with Gasteiger partial charge in [-0.05, 0) is 25.1 Å². The Bertz CT molecular complexity index is 428. The van der Waals surface area contributed by atoms with Gasteiger partial charge in [0.05, 0.1) is 11.8 Å². The van der Waals surface area contributed by atoms with Gasteiger partial charge in [0.15, 0.2) is 0 Å². The molecule has 3 nitrogen and oxygen atoms in total. The summed E-state index contributed by atoms with van der Waals surface area (Å²) in [5.41, 5.74) is 0.0199. The van der Waals surface area contributed by atoms with E-state index in [1.165, 1.54) is 19.1 Å². The summed E-state index contributed by atoms with van der Waals surface area (Å²) in [4.78, 5) is 11.2. The fourth-order valence-electron chi connectivity index (χ4n) is 0.890. The van der Waals surface area contributed by atoms with Gasteiger partial charge in [-0.2, -0.15) is 5.26 Å². The third kappa shape index (κ3) is 2.93. The first kappa shape index (κ1) is 11.5. The van der Waals surface area contributed by atoms with E-state index >= 15 is 0 Å². The van der Waals surface area contributed by atoms with Gasteiger partial charge in [-0.1, -0.05) is 11.6 Å². The van der Waals surface area contributed by atoms with E-state index in [9.17, 15) is 9.18 Å². The maximum Gasteiger partial charge on any atom is 0.241 e. The van der Waals surface area contributed by atoms with Crippen LogP contribution >= 0.6 is 11.6 Å². The van der Waals surface area contributed by atoms with Gasteiger partial charge < -0.3 is 5.32 Å². The molecule has 5 heteroatoms. The summed E-state index contributed by atoms with van der Waals surface area (Å²) in [5, 5.41) is 11.0. The molecule has 1 rings (SSSR count). The van der Waals surface area contributed by atoms with Crippen LogP contribution in [0, 0.1) is 23.1 Å². The van der Waals surface area contributed by atoms with Gasteiger partial charge in [0.1, 0.15) is 11.7 Å². The number of carbonyl (C=O) groups is 1. The largest absolute Gasteiger partial charge is 0.322 e. The highest BCUT2D eigenvalue weighted by atomic mass is 35.5. The number of carbonyl (C=O) groups excluding carboxylic acids is 1. The molecule has 0 aromatic heterocycles. The molecule has 0 heterocycles. The van der Waals surface area contributed by atoms with Crippen LogP contribution in [0.3, 0.4) is 0 Å². The average Bonchev–Trinajstić information content (AvgIpc) is 2.20. The highest BCUT2D eigenvalue weighted by Crippen LogP contribution is 2.19. The first-order valence-electron chi connectivity index (χ1n) is 4.20. The van der Waals surface area contributed by atoms with Crippen LogP contribution in [-0.4, -0.2) is 5.91 Å². The van der Waals surface area contributed by atoms with Crippen molar-refractivity contribution in [3.8, 4) is 6.07 Å². The van der Waals surface area contributed by atoms with Gasteiger partial charge >= 0.3 is 0 Å². The Morgan fingerprint density at radius 3 is 2.87 bits per heavy atom. The summed E-state index contributed by atoms with van der Waals surface area (Å²) >= 11 is 5.54. The van der Waals surface area contributed by atoms with E-state index in [1.807, 2.05) is 0 Å². The van der Waals surface area contributed by atoms with Crippen molar-refractivity contribution in [2.45, 2.75) is 6.92 Å². The quantitative estimate of drug-likeness (QED) is 0.843. The third-order valence-electron chi connectivity index (χ3n) is 1.78. The van der Waals surface area contributed by atoms with Crippen LogP contribution in [0.2, 0.25) is 5.02 Å². The SMILES string of the molecule is CC(C#N)C(=O)Nc1ccc(Cl)cc1F. The molecule has 1 unspecified atom stereocenters. The minimum atomic E-state index is -0.819. The van der Waals surface area contributed by atoms with E-state index in [1.54, 1.807) is 6.07 Å². The van der Waals surface area contributed by atoms with Gasteiger partial charge in [-0.3, -0.25) is 4.79 Å². The molecule has 1 aromatic rings. The third-order valence-corrected chi connectivity index (χ3v) is 2.01. The Hall–Kier alpha value is -1.60. The summed E-state index contributed by atoms with van der Waals surface area (Å²) in [7, 11) is 0. The number of rotatable bonds is 2. The summed E-state index contributed by atoms with van der Waals surface area (Å²) in [5.74, 6) is -1.99. The van der Waals surface area contributed by atoms with Gasteiger partial charge in [-0.25, -0.2) is 4.39 Å². The predicted molar refractivity (Wildman–Crippen MR) is 54.8 cm³/mol. The molecule has 0 aliphatic rings. The average molecular weight is 227 g/mol. The van der Waals surface area contributed by atoms with Crippen LogP contribution in [-0.2, 0) is 4.79 Å². The van der Waals surface area contributed by atoms with Crippen molar-refractivity contribution in [2.24, 2.45) is 5.92 Å². The minimum absolute atomic E-state index is 0.0199. The molecule has 1 N–H and O–H groups in total. The van der Waals surface area contributed by atoms with Gasteiger partial charge in [-0.15, -0.1) is 0 Å². The van der Waals surface area contributed by atoms with Crippen molar-refractivity contribution >= 4 is 23.2 Å². The van der Waals surface area contributed by atoms with Crippen molar-refractivity contribution in [2.75, 3.05) is 5.32 Å². The number of nitrogens with one attached hydrogen (secondary N) is 1. The Morgan fingerprint density at radius 1 is 1.67 bits per heavy atom. The molecule has 1 amide bonds. The van der Waals surface area contributed by atoms with E-state index in [-0.39, 0.29) is 10.7 Å². The van der Waals surface area contributed by atoms with Crippen LogP contribution in [0.5, 0.6) is 0 Å². The number of hydrogen-bond donors (Lipinski definition) is 1. The molecule has 0 saturated carbocycles. The maximum atomic E-state index is 13.2. The lowest BCUT2D eigenvalue weighted by Crippen LogP contribution is -2.19. The number of halogens is 2. The van der Waals surface area contributed by atoms with Crippen LogP contribution in [0.25, 0.3) is 0 Å². The second-order valence-electron chi connectivity index (χ2n) is 2.96. The normalized spacial score (nSPS) is 11.6. The molecule has 1 aromatic carbocycles. The lowest BCUT2D eigenvalue weighted by molar-refractivity contribution is -0.117. The fraction of sp³-hybridized carbons (Fsp3) is 0.200. The second kappa shape index (κ2) is 4.76. The van der Waals surface area contributed by atoms with Crippen LogP contribution in [0.15, 0.2) is 18.2 Å². The van der Waals surface area contributed by atoms with Crippen LogP contribution in [0.4, 0.5) is 10.1 Å². The molecule has 0 aliphatic heterocycles. The zero-order chi connectivity index (χ0) is 11.4. The molecular formula is C10H8ClFN2O. The summed E-state index contributed by atoms with van der Waals surface area (Å²) in [6.45, 7) is 1.43. The second-order valence-corrected chi connectivity index (χ2v) is 3.40. The molecule has 0 radical (unpaired) electrons. The molecular weight excluding hydrogens is 219 g/mol. The van der Waals surface area contributed by atoms with Crippen molar-refractivity contribution in [1.82, 2.24) is 0 Å². The Kier molecular flexibility index (Phi) is 3.64. The van der Waals surface area contributed by atoms with E-state index in [0.717, 1.165) is 6.07 Å². The first-order chi connectivity index (χ1) is 7.04. The van der Waals surface area contributed by atoms with Gasteiger partial charge in [0, 0.05) is 5.02 Å². The highest BCUT2D eigenvalue weighted by molar-refractivity contribution is 6.30. The van der Waals surface area contributed by atoms with Crippen molar-refractivity contribution in [3.05, 3.63) is 29.0 Å². The standard InChI is InChI=1S/C10H8ClFN2O/c1-6(5-13)10(15)14-9-3-2-7(11)4-8(9)12/h2-4,6H,1H3,(H,14,15). The van der Waals surface area contributed by atoms with E-state index in [0.29, 0.717) is 0 Å². The zero-order valence-electron chi connectivity index (χ0n) is 7.92. The Morgan fingerprint density at radius 2 is 2.33 bits per heavy atom. The van der Waals surface area contributed by atoms with Gasteiger partial charge in [0.25, 0.3) is 0 Å². The topological polar surface area (TPSA) is 52.9 Å². The molecule has 0 bridgehead atoms. The lowest BCUT2D eigenvalue weighted by atomic mass is 10.2. The van der Waals surface area contributed by atoms with E-state index in [4.69, 9.17) is 16.9 Å². The number of nitrogens with zero attached hydrogens (tertiary/aromatic N) is 1. The first-order valence-corrected chi connectivity index (χ1v) is 4.58. The van der Waals surface area contributed by atoms with Gasteiger partial charge in [0.2, 0.25) is 5.91 Å². The summed E-state index contributed by atoms with van der Waals surface area (Å²) in [6, 6.07) is 5.65. The molecule has 0 saturated heterocycles. The number of hydrogen-bond acceptors (Lipinski definition) is 2. The smallest absolute Gasteiger partial charge is 0.241 e. The molecule has 1 atom stereocenters. The number of anilines is 1. The molecule has 78 valence electrons. The lowest BCUT2D eigenvalue weighted by Gasteiger charge is -2.07. The molecule has 15 heavy (non-hydrogen) atoms. The molecule has 0 aliphatic carbocycles. The maximum absolute atomic E-state index is 13.2. The molecule has 0 spiro atoms. The van der Waals surface area contributed by atoms with Crippen molar-refractivity contribution in [3.63, 3.8) is 0 Å². The molecule has 0 fully saturated rings. The number of nitriles is 1. The summed E-state index contributed by atoms with van der Waals surface area (Å²) in [6.07, 6.45) is 0. The van der Waals surface area contributed by atoms with Crippen LogP contribution in [0.1, 0.15) is 6.92 Å². The minimum Gasteiger partial charge on any atom is -0.322 e. The number of benzene rings is 1. The number of amides is 1. The Balaban J connectivity index is 2.82. The van der Waals surface area contributed by atoms with E-state index < -0.39 is 17.6 Å². The van der Waals surface area contributed by atoms with E-state index in [2.05, 4.69) is 5.32 Å². The monoisotopic (exact) mass is 226 g/mol. The van der Waals surface area contributed by atoms with Crippen molar-refractivity contribution < 1.29 is 9.18 Å². The Labute approximate surface area is 91.5 Å².